The van der Waals surface area contributed by atoms with Gasteiger partial charge in [-0.25, -0.2) is 0 Å². The van der Waals surface area contributed by atoms with Crippen LogP contribution in [0.3, 0.4) is 0 Å². The van der Waals surface area contributed by atoms with Gasteiger partial charge in [-0.05, 0) is 50.0 Å². The van der Waals surface area contributed by atoms with E-state index < -0.39 is 0 Å². The van der Waals surface area contributed by atoms with Gasteiger partial charge in [-0.3, -0.25) is 9.67 Å². The Morgan fingerprint density at radius 3 is 2.69 bits per heavy atom. The van der Waals surface area contributed by atoms with Crippen LogP contribution < -0.4 is 5.32 Å². The van der Waals surface area contributed by atoms with Crippen molar-refractivity contribution in [2.75, 3.05) is 33.3 Å². The molecule has 1 atom stereocenters. The second-order valence-electron chi connectivity index (χ2n) is 8.49. The zero-order valence-electron chi connectivity index (χ0n) is 18.3. The van der Waals surface area contributed by atoms with Crippen LogP contribution >= 0.6 is 24.0 Å². The van der Waals surface area contributed by atoms with E-state index >= 15 is 0 Å². The second-order valence-corrected chi connectivity index (χ2v) is 8.49. The maximum absolute atomic E-state index is 6.09. The molecule has 0 bridgehead atoms. The van der Waals surface area contributed by atoms with E-state index in [4.69, 9.17) is 4.74 Å². The number of aliphatic imine (C=N–C) groups is 1. The number of aromatic nitrogens is 2. The Labute approximate surface area is 193 Å². The highest BCUT2D eigenvalue weighted by Crippen LogP contribution is 2.21. The topological polar surface area (TPSA) is 54.7 Å². The molecule has 1 aromatic rings. The van der Waals surface area contributed by atoms with Gasteiger partial charge in [-0.2, -0.15) is 5.10 Å². The summed E-state index contributed by atoms with van der Waals surface area (Å²) in [4.78, 5) is 6.91. The van der Waals surface area contributed by atoms with Crippen molar-refractivity contribution in [2.45, 2.75) is 70.3 Å². The van der Waals surface area contributed by atoms with Crippen LogP contribution in [0.15, 0.2) is 17.4 Å². The molecule has 6 nitrogen and oxygen atoms in total. The molecule has 1 unspecified atom stereocenters. The zero-order valence-corrected chi connectivity index (χ0v) is 20.6. The molecular weight excluding hydrogens is 477 g/mol. The molecule has 2 fully saturated rings. The number of hydrogen-bond donors (Lipinski definition) is 1. The van der Waals surface area contributed by atoms with Gasteiger partial charge in [0.2, 0.25) is 0 Å². The summed E-state index contributed by atoms with van der Waals surface area (Å²) in [7, 11) is 3.88. The van der Waals surface area contributed by atoms with Gasteiger partial charge in [0.25, 0.3) is 0 Å². The van der Waals surface area contributed by atoms with E-state index in [0.717, 1.165) is 51.5 Å². The molecular formula is C22H40IN5O. The number of likely N-dealkylation sites (tertiary alicyclic amines) is 1. The lowest BCUT2D eigenvalue weighted by molar-refractivity contribution is 0.0411. The first kappa shape index (κ1) is 24.4. The number of unbranched alkanes of at least 4 members (excludes halogenated alkanes) is 1. The van der Waals surface area contributed by atoms with Gasteiger partial charge in [-0.1, -0.05) is 25.7 Å². The first-order chi connectivity index (χ1) is 13.7. The van der Waals surface area contributed by atoms with E-state index in [1.165, 1.54) is 50.5 Å². The van der Waals surface area contributed by atoms with E-state index in [2.05, 4.69) is 26.5 Å². The van der Waals surface area contributed by atoms with Crippen molar-refractivity contribution in [3.63, 3.8) is 0 Å². The van der Waals surface area contributed by atoms with Gasteiger partial charge >= 0.3 is 0 Å². The largest absolute Gasteiger partial charge is 0.378 e. The lowest BCUT2D eigenvalue weighted by Gasteiger charge is -2.22. The molecule has 0 radical (unpaired) electrons. The lowest BCUT2D eigenvalue weighted by atomic mass is 10.0. The molecule has 3 rings (SSSR count). The minimum atomic E-state index is 0. The van der Waals surface area contributed by atoms with Crippen molar-refractivity contribution < 1.29 is 4.74 Å². The fourth-order valence-electron chi connectivity index (χ4n) is 4.52. The van der Waals surface area contributed by atoms with Crippen molar-refractivity contribution in [1.82, 2.24) is 20.0 Å². The third kappa shape index (κ3) is 8.44. The normalized spacial score (nSPS) is 21.1. The van der Waals surface area contributed by atoms with Crippen LogP contribution in [-0.2, 0) is 18.2 Å². The number of rotatable bonds is 8. The average molecular weight is 518 g/mol. The van der Waals surface area contributed by atoms with Crippen LogP contribution in [0, 0.1) is 5.92 Å². The predicted molar refractivity (Wildman–Crippen MR) is 130 cm³/mol. The maximum Gasteiger partial charge on any atom is 0.193 e. The highest BCUT2D eigenvalue weighted by Gasteiger charge is 2.25. The first-order valence-electron chi connectivity index (χ1n) is 11.3. The predicted octanol–water partition coefficient (Wildman–Crippen LogP) is 4.00. The molecule has 0 aromatic carbocycles. The van der Waals surface area contributed by atoms with Gasteiger partial charge in [0.1, 0.15) is 0 Å². The molecule has 2 heterocycles. The van der Waals surface area contributed by atoms with Crippen LogP contribution in [0.2, 0.25) is 0 Å². The summed E-state index contributed by atoms with van der Waals surface area (Å²) in [6.45, 7) is 4.06. The number of guanidine groups is 1. The minimum Gasteiger partial charge on any atom is -0.378 e. The monoisotopic (exact) mass is 517 g/mol. The summed E-state index contributed by atoms with van der Waals surface area (Å²) in [6, 6.07) is 0. The summed E-state index contributed by atoms with van der Waals surface area (Å²) in [5, 5.41) is 7.84. The number of hydrogen-bond acceptors (Lipinski definition) is 3. The average Bonchev–Trinajstić information content (AvgIpc) is 3.23. The lowest BCUT2D eigenvalue weighted by Crippen LogP contribution is -2.40. The first-order valence-corrected chi connectivity index (χ1v) is 11.3. The van der Waals surface area contributed by atoms with Gasteiger partial charge in [0, 0.05) is 46.5 Å². The number of aryl methyl sites for hydroxylation is 1. The van der Waals surface area contributed by atoms with E-state index in [1.54, 1.807) is 0 Å². The molecule has 29 heavy (non-hydrogen) atoms. The SMILES string of the molecule is CN=C(NCCCCOC1CCCCCC1)N1CCC(Cc2cnn(C)c2)C1.I. The van der Waals surface area contributed by atoms with Gasteiger partial charge in [-0.15, -0.1) is 24.0 Å². The van der Waals surface area contributed by atoms with Gasteiger partial charge in [0.05, 0.1) is 12.3 Å². The Morgan fingerprint density at radius 2 is 2.00 bits per heavy atom. The third-order valence-electron chi connectivity index (χ3n) is 6.09. The van der Waals surface area contributed by atoms with Crippen molar-refractivity contribution >= 4 is 29.9 Å². The molecule has 1 N–H and O–H groups in total. The van der Waals surface area contributed by atoms with Crippen LogP contribution in [0.5, 0.6) is 0 Å². The second kappa shape index (κ2) is 13.5. The quantitative estimate of drug-likeness (QED) is 0.186. The van der Waals surface area contributed by atoms with Gasteiger partial charge in [0.15, 0.2) is 5.96 Å². The molecule has 1 saturated heterocycles. The van der Waals surface area contributed by atoms with Gasteiger partial charge < -0.3 is 15.0 Å². The van der Waals surface area contributed by atoms with Crippen molar-refractivity contribution in [2.24, 2.45) is 18.0 Å². The van der Waals surface area contributed by atoms with Crippen LogP contribution in [-0.4, -0.2) is 60.0 Å². The Hall–Kier alpha value is -0.830. The highest BCUT2D eigenvalue weighted by molar-refractivity contribution is 14.0. The fourth-order valence-corrected chi connectivity index (χ4v) is 4.52. The molecule has 7 heteroatoms. The third-order valence-corrected chi connectivity index (χ3v) is 6.09. The summed E-state index contributed by atoms with van der Waals surface area (Å²) in [5.41, 5.74) is 1.34. The summed E-state index contributed by atoms with van der Waals surface area (Å²) >= 11 is 0. The number of halogens is 1. The van der Waals surface area contributed by atoms with Crippen LogP contribution in [0.1, 0.15) is 63.4 Å². The van der Waals surface area contributed by atoms with Crippen molar-refractivity contribution in [3.05, 3.63) is 18.0 Å². The minimum absolute atomic E-state index is 0. The smallest absolute Gasteiger partial charge is 0.193 e. The maximum atomic E-state index is 6.09. The van der Waals surface area contributed by atoms with Crippen molar-refractivity contribution in [1.29, 1.82) is 0 Å². The molecule has 1 aliphatic carbocycles. The zero-order chi connectivity index (χ0) is 19.6. The summed E-state index contributed by atoms with van der Waals surface area (Å²) in [6.07, 6.45) is 17.3. The fraction of sp³-hybridized carbons (Fsp3) is 0.818. The van der Waals surface area contributed by atoms with E-state index in [1.807, 2.05) is 25.0 Å². The molecule has 166 valence electrons. The molecule has 0 amide bonds. The number of nitrogens with zero attached hydrogens (tertiary/aromatic N) is 4. The summed E-state index contributed by atoms with van der Waals surface area (Å²) in [5.74, 6) is 1.74. The summed E-state index contributed by atoms with van der Waals surface area (Å²) < 4.78 is 7.98. The molecule has 1 saturated carbocycles. The molecule has 1 aromatic heterocycles. The van der Waals surface area contributed by atoms with Crippen molar-refractivity contribution in [3.8, 4) is 0 Å². The molecule has 1 aliphatic heterocycles. The Balaban J connectivity index is 0.00000300. The number of nitrogens with one attached hydrogen (secondary N) is 1. The van der Waals surface area contributed by atoms with E-state index in [9.17, 15) is 0 Å². The Bertz CT molecular complexity index is 598. The molecule has 2 aliphatic rings. The van der Waals surface area contributed by atoms with E-state index in [-0.39, 0.29) is 24.0 Å². The van der Waals surface area contributed by atoms with Crippen LogP contribution in [0.4, 0.5) is 0 Å². The van der Waals surface area contributed by atoms with E-state index in [0.29, 0.717) is 12.0 Å². The standard InChI is InChI=1S/C22H39N5O.HI/c1-23-22(24-12-7-8-14-28-21-9-5-3-4-6-10-21)27-13-11-19(18-27)15-20-16-25-26(2)17-20;/h16-17,19,21H,3-15,18H2,1-2H3,(H,23,24);1H. The highest BCUT2D eigenvalue weighted by atomic mass is 127. The number of ether oxygens (including phenoxy) is 1. The Kier molecular flexibility index (Phi) is 11.4. The van der Waals surface area contributed by atoms with Crippen LogP contribution in [0.25, 0.3) is 0 Å². The molecule has 0 spiro atoms. The Morgan fingerprint density at radius 1 is 1.21 bits per heavy atom.